The van der Waals surface area contributed by atoms with Gasteiger partial charge in [0.05, 0.1) is 7.11 Å². The van der Waals surface area contributed by atoms with Crippen LogP contribution in [0, 0.1) is 22.7 Å². The summed E-state index contributed by atoms with van der Waals surface area (Å²) >= 11 is 0. The molecule has 0 amide bonds. The van der Waals surface area contributed by atoms with Gasteiger partial charge in [-0.2, -0.15) is 10.5 Å². The van der Waals surface area contributed by atoms with Crippen molar-refractivity contribution in [1.29, 1.82) is 10.5 Å². The number of benzene rings is 1. The molecule has 82 valence electrons. The molecule has 0 N–H and O–H groups in total. The minimum Gasteiger partial charge on any atom is -0.497 e. The van der Waals surface area contributed by atoms with Gasteiger partial charge in [0, 0.05) is 5.57 Å². The van der Waals surface area contributed by atoms with E-state index in [0.717, 1.165) is 28.0 Å². The van der Waals surface area contributed by atoms with E-state index in [1.54, 1.807) is 7.11 Å². The molecule has 0 radical (unpaired) electrons. The highest BCUT2D eigenvalue weighted by atomic mass is 16.5. The van der Waals surface area contributed by atoms with Gasteiger partial charge in [-0.25, -0.2) is 0 Å². The summed E-state index contributed by atoms with van der Waals surface area (Å²) in [5.74, 6) is 0.768. The third kappa shape index (κ3) is 1.68. The van der Waals surface area contributed by atoms with Crippen LogP contribution in [0.4, 0.5) is 0 Å². The zero-order chi connectivity index (χ0) is 12.4. The fourth-order valence-electron chi connectivity index (χ4n) is 2.00. The fourth-order valence-corrected chi connectivity index (χ4v) is 2.00. The summed E-state index contributed by atoms with van der Waals surface area (Å²) in [6.45, 7) is 1.90. The molecule has 0 atom stereocenters. The first-order chi connectivity index (χ1) is 8.21. The number of ether oxygens (including phenoxy) is 1. The van der Waals surface area contributed by atoms with E-state index in [9.17, 15) is 0 Å². The highest BCUT2D eigenvalue weighted by Crippen LogP contribution is 2.38. The van der Waals surface area contributed by atoms with Gasteiger partial charge in [0.1, 0.15) is 23.5 Å². The molecular formula is C14H10N2O. The minimum absolute atomic E-state index is 0.155. The van der Waals surface area contributed by atoms with E-state index in [2.05, 4.69) is 0 Å². The molecule has 1 aliphatic rings. The lowest BCUT2D eigenvalue weighted by atomic mass is 9.99. The van der Waals surface area contributed by atoms with Crippen LogP contribution in [0.1, 0.15) is 18.1 Å². The Morgan fingerprint density at radius 3 is 2.53 bits per heavy atom. The predicted octanol–water partition coefficient (Wildman–Crippen LogP) is 2.91. The average Bonchev–Trinajstić information content (AvgIpc) is 2.67. The van der Waals surface area contributed by atoms with Gasteiger partial charge in [0.15, 0.2) is 0 Å². The van der Waals surface area contributed by atoms with Crippen molar-refractivity contribution in [1.82, 2.24) is 0 Å². The van der Waals surface area contributed by atoms with Gasteiger partial charge in [0.25, 0.3) is 0 Å². The van der Waals surface area contributed by atoms with Crippen LogP contribution in [-0.2, 0) is 0 Å². The van der Waals surface area contributed by atoms with Crippen molar-refractivity contribution in [3.05, 3.63) is 40.5 Å². The largest absolute Gasteiger partial charge is 0.497 e. The molecule has 3 nitrogen and oxygen atoms in total. The second kappa shape index (κ2) is 4.15. The molecule has 0 spiro atoms. The van der Waals surface area contributed by atoms with Crippen molar-refractivity contribution in [3.63, 3.8) is 0 Å². The lowest BCUT2D eigenvalue weighted by Gasteiger charge is -2.05. The number of hydrogen-bond acceptors (Lipinski definition) is 3. The lowest BCUT2D eigenvalue weighted by molar-refractivity contribution is 0.414. The third-order valence-corrected chi connectivity index (χ3v) is 2.77. The standard InChI is InChI=1S/C14H10N2O/c1-9-5-10-6-12(17-2)3-4-13(10)14(9)11(7-15)8-16/h3-6H,1-2H3. The summed E-state index contributed by atoms with van der Waals surface area (Å²) in [6, 6.07) is 9.49. The van der Waals surface area contributed by atoms with E-state index in [0.29, 0.717) is 0 Å². The highest BCUT2D eigenvalue weighted by molar-refractivity contribution is 5.98. The molecule has 0 saturated carbocycles. The van der Waals surface area contributed by atoms with E-state index >= 15 is 0 Å². The Morgan fingerprint density at radius 2 is 1.94 bits per heavy atom. The summed E-state index contributed by atoms with van der Waals surface area (Å²) in [7, 11) is 1.61. The maximum absolute atomic E-state index is 8.95. The maximum atomic E-state index is 8.95. The van der Waals surface area contributed by atoms with Crippen molar-refractivity contribution in [3.8, 4) is 17.9 Å². The number of nitriles is 2. The van der Waals surface area contributed by atoms with Crippen molar-refractivity contribution in [2.24, 2.45) is 0 Å². The Hall–Kier alpha value is -2.52. The molecule has 0 aromatic heterocycles. The Labute approximate surface area is 99.9 Å². The van der Waals surface area contributed by atoms with Gasteiger partial charge in [0.2, 0.25) is 0 Å². The third-order valence-electron chi connectivity index (χ3n) is 2.77. The van der Waals surface area contributed by atoms with Crippen molar-refractivity contribution in [2.75, 3.05) is 7.11 Å². The highest BCUT2D eigenvalue weighted by Gasteiger charge is 2.20. The monoisotopic (exact) mass is 222 g/mol. The lowest BCUT2D eigenvalue weighted by Crippen LogP contribution is -1.89. The zero-order valence-corrected chi connectivity index (χ0v) is 9.61. The molecule has 0 saturated heterocycles. The molecule has 2 rings (SSSR count). The summed E-state index contributed by atoms with van der Waals surface area (Å²) in [5, 5.41) is 17.9. The van der Waals surface area contributed by atoms with E-state index < -0.39 is 0 Å². The Kier molecular flexibility index (Phi) is 2.68. The zero-order valence-electron chi connectivity index (χ0n) is 9.61. The van der Waals surface area contributed by atoms with Crippen molar-refractivity contribution in [2.45, 2.75) is 6.92 Å². The second-order valence-electron chi connectivity index (χ2n) is 3.75. The van der Waals surface area contributed by atoms with Gasteiger partial charge >= 0.3 is 0 Å². The molecule has 1 aliphatic carbocycles. The summed E-state index contributed by atoms with van der Waals surface area (Å²) in [5.41, 5.74) is 3.72. The van der Waals surface area contributed by atoms with E-state index in [1.165, 1.54) is 0 Å². The molecule has 1 aromatic carbocycles. The molecule has 0 heterocycles. The first-order valence-electron chi connectivity index (χ1n) is 5.12. The van der Waals surface area contributed by atoms with Crippen LogP contribution in [0.2, 0.25) is 0 Å². The number of hydrogen-bond donors (Lipinski definition) is 0. The molecule has 0 unspecified atom stereocenters. The summed E-state index contributed by atoms with van der Waals surface area (Å²) in [4.78, 5) is 0. The maximum Gasteiger partial charge on any atom is 0.137 e. The van der Waals surface area contributed by atoms with Crippen molar-refractivity contribution >= 4 is 11.6 Å². The van der Waals surface area contributed by atoms with E-state index in [1.807, 2.05) is 43.3 Å². The topological polar surface area (TPSA) is 56.8 Å². The molecule has 0 aliphatic heterocycles. The minimum atomic E-state index is 0.155. The quantitative estimate of drug-likeness (QED) is 0.686. The number of nitrogens with zero attached hydrogens (tertiary/aromatic N) is 2. The molecule has 0 bridgehead atoms. The molecular weight excluding hydrogens is 212 g/mol. The molecule has 17 heavy (non-hydrogen) atoms. The van der Waals surface area contributed by atoms with Crippen LogP contribution in [-0.4, -0.2) is 7.11 Å². The smallest absolute Gasteiger partial charge is 0.137 e. The number of methoxy groups -OCH3 is 1. The summed E-state index contributed by atoms with van der Waals surface area (Å²) in [6.07, 6.45) is 1.96. The van der Waals surface area contributed by atoms with Crippen LogP contribution in [0.3, 0.4) is 0 Å². The first kappa shape index (κ1) is 11.0. The van der Waals surface area contributed by atoms with Gasteiger partial charge in [-0.3, -0.25) is 0 Å². The second-order valence-corrected chi connectivity index (χ2v) is 3.75. The normalized spacial score (nSPS) is 12.2. The Morgan fingerprint density at radius 1 is 1.24 bits per heavy atom. The Balaban J connectivity index is 2.68. The van der Waals surface area contributed by atoms with Crippen LogP contribution in [0.15, 0.2) is 29.3 Å². The van der Waals surface area contributed by atoms with Crippen LogP contribution >= 0.6 is 0 Å². The van der Waals surface area contributed by atoms with Gasteiger partial charge in [-0.05, 0) is 35.8 Å². The van der Waals surface area contributed by atoms with Crippen LogP contribution in [0.5, 0.6) is 5.75 Å². The van der Waals surface area contributed by atoms with Crippen LogP contribution < -0.4 is 4.74 Å². The SMILES string of the molecule is COc1ccc2c(c1)C=C(C)C2=C(C#N)C#N. The van der Waals surface area contributed by atoms with Gasteiger partial charge in [-0.15, -0.1) is 0 Å². The number of allylic oxidation sites excluding steroid dienone is 3. The number of fused-ring (bicyclic) bond motifs is 1. The molecule has 0 fully saturated rings. The average molecular weight is 222 g/mol. The van der Waals surface area contributed by atoms with E-state index in [4.69, 9.17) is 15.3 Å². The van der Waals surface area contributed by atoms with Crippen LogP contribution in [0.25, 0.3) is 11.6 Å². The van der Waals surface area contributed by atoms with Crippen molar-refractivity contribution < 1.29 is 4.74 Å². The predicted molar refractivity (Wildman–Crippen MR) is 64.8 cm³/mol. The van der Waals surface area contributed by atoms with Gasteiger partial charge < -0.3 is 4.74 Å². The number of rotatable bonds is 1. The fraction of sp³-hybridized carbons (Fsp3) is 0.143. The molecule has 3 heteroatoms. The van der Waals surface area contributed by atoms with Gasteiger partial charge in [-0.1, -0.05) is 12.1 Å². The first-order valence-corrected chi connectivity index (χ1v) is 5.12. The summed E-state index contributed by atoms with van der Waals surface area (Å²) < 4.78 is 5.15. The van der Waals surface area contributed by atoms with E-state index in [-0.39, 0.29) is 5.57 Å². The Bertz CT molecular complexity index is 609. The molecule has 1 aromatic rings.